The van der Waals surface area contributed by atoms with Crippen molar-refractivity contribution in [1.82, 2.24) is 10.2 Å². The maximum absolute atomic E-state index is 13.2. The molecule has 0 aliphatic heterocycles. The minimum atomic E-state index is -0.171. The van der Waals surface area contributed by atoms with E-state index >= 15 is 0 Å². The molecule has 4 heteroatoms. The van der Waals surface area contributed by atoms with Crippen molar-refractivity contribution in [2.75, 3.05) is 13.1 Å². The van der Waals surface area contributed by atoms with Gasteiger partial charge in [-0.3, -0.25) is 4.79 Å². The summed E-state index contributed by atoms with van der Waals surface area (Å²) in [6, 6.07) is 15.3. The highest BCUT2D eigenvalue weighted by Gasteiger charge is 2.16. The van der Waals surface area contributed by atoms with Gasteiger partial charge in [0, 0.05) is 30.0 Å². The van der Waals surface area contributed by atoms with E-state index < -0.39 is 0 Å². The molecule has 2 aromatic rings. The zero-order valence-corrected chi connectivity index (χ0v) is 22.9. The van der Waals surface area contributed by atoms with E-state index in [-0.39, 0.29) is 5.91 Å². The molecular weight excluding hydrogens is 442 g/mol. The summed E-state index contributed by atoms with van der Waals surface area (Å²) in [5.74, 6) is 1.29. The molecule has 0 aromatic heterocycles. The number of hydrogen-bond donors (Lipinski definition) is 1. The first-order valence-electron chi connectivity index (χ1n) is 12.8. The topological polar surface area (TPSA) is 56.1 Å². The van der Waals surface area contributed by atoms with Gasteiger partial charge in [-0.15, -0.1) is 0 Å². The number of rotatable bonds is 11. The van der Waals surface area contributed by atoms with E-state index in [1.807, 2.05) is 43.3 Å². The molecule has 1 amide bonds. The van der Waals surface area contributed by atoms with Crippen LogP contribution in [0.5, 0.6) is 0 Å². The highest BCUT2D eigenvalue weighted by molar-refractivity contribution is 5.98. The summed E-state index contributed by atoms with van der Waals surface area (Å²) in [5.41, 5.74) is 5.97. The minimum absolute atomic E-state index is 0.171. The van der Waals surface area contributed by atoms with Crippen LogP contribution in [0.4, 0.5) is 0 Å². The molecular formula is C32H41N3O. The Labute approximate surface area is 218 Å². The zero-order valence-electron chi connectivity index (χ0n) is 22.9. The van der Waals surface area contributed by atoms with Gasteiger partial charge in [-0.25, -0.2) is 0 Å². The molecule has 0 unspecified atom stereocenters. The van der Waals surface area contributed by atoms with Crippen LogP contribution in [0.1, 0.15) is 63.0 Å². The number of allylic oxidation sites excluding steroid dienone is 4. The maximum atomic E-state index is 13.2. The van der Waals surface area contributed by atoms with Gasteiger partial charge in [0.25, 0.3) is 5.91 Å². The van der Waals surface area contributed by atoms with Crippen LogP contribution in [-0.2, 0) is 0 Å². The summed E-state index contributed by atoms with van der Waals surface area (Å²) in [4.78, 5) is 15.7. The van der Waals surface area contributed by atoms with Gasteiger partial charge in [0.2, 0.25) is 0 Å². The SMILES string of the molecule is C=C/C(=C\C=C(/C(C)C)N(CC(C)C)CC(C)C)NC(=O)c1cccc(-c2ccc(C#N)cc2)c1C. The number of nitriles is 1. The van der Waals surface area contributed by atoms with E-state index in [4.69, 9.17) is 5.26 Å². The van der Waals surface area contributed by atoms with E-state index in [0.717, 1.165) is 29.8 Å². The fourth-order valence-corrected chi connectivity index (χ4v) is 4.28. The molecule has 0 saturated carbocycles. The normalized spacial score (nSPS) is 12.1. The number of carbonyl (C=O) groups excluding carboxylic acids is 1. The van der Waals surface area contributed by atoms with E-state index in [9.17, 15) is 4.79 Å². The maximum Gasteiger partial charge on any atom is 0.255 e. The summed E-state index contributed by atoms with van der Waals surface area (Å²) in [7, 11) is 0. The number of nitrogens with zero attached hydrogens (tertiary/aromatic N) is 2. The van der Waals surface area contributed by atoms with Gasteiger partial charge in [-0.1, -0.05) is 72.4 Å². The Morgan fingerprint density at radius 2 is 1.61 bits per heavy atom. The number of nitrogens with one attached hydrogen (secondary N) is 1. The molecule has 0 aliphatic rings. The van der Waals surface area contributed by atoms with Crippen LogP contribution in [0.25, 0.3) is 11.1 Å². The molecule has 0 aliphatic carbocycles. The lowest BCUT2D eigenvalue weighted by Gasteiger charge is -2.33. The van der Waals surface area contributed by atoms with Crippen molar-refractivity contribution in [2.24, 2.45) is 17.8 Å². The first-order chi connectivity index (χ1) is 17.1. The number of amides is 1. The predicted molar refractivity (Wildman–Crippen MR) is 151 cm³/mol. The Balaban J connectivity index is 2.34. The molecule has 36 heavy (non-hydrogen) atoms. The molecule has 190 valence electrons. The van der Waals surface area contributed by atoms with Gasteiger partial charge in [0.1, 0.15) is 0 Å². The van der Waals surface area contributed by atoms with Crippen LogP contribution >= 0.6 is 0 Å². The second kappa shape index (κ2) is 13.5. The molecule has 0 fully saturated rings. The Morgan fingerprint density at radius 1 is 1.00 bits per heavy atom. The van der Waals surface area contributed by atoms with Crippen LogP contribution in [0.3, 0.4) is 0 Å². The average Bonchev–Trinajstić information content (AvgIpc) is 2.82. The monoisotopic (exact) mass is 483 g/mol. The predicted octanol–water partition coefficient (Wildman–Crippen LogP) is 7.49. The second-order valence-electron chi connectivity index (χ2n) is 10.4. The van der Waals surface area contributed by atoms with Crippen molar-refractivity contribution in [1.29, 1.82) is 5.26 Å². The molecule has 1 N–H and O–H groups in total. The molecule has 0 saturated heterocycles. The van der Waals surface area contributed by atoms with Gasteiger partial charge in [-0.05, 0) is 77.8 Å². The molecule has 0 heterocycles. The molecule has 4 nitrogen and oxygen atoms in total. The third kappa shape index (κ3) is 7.99. The highest BCUT2D eigenvalue weighted by atomic mass is 16.1. The Kier molecular flexibility index (Phi) is 10.7. The number of benzene rings is 2. The Hall–Kier alpha value is -3.58. The Bertz CT molecular complexity index is 1130. The van der Waals surface area contributed by atoms with Crippen LogP contribution < -0.4 is 5.32 Å². The fourth-order valence-electron chi connectivity index (χ4n) is 4.28. The van der Waals surface area contributed by atoms with Crippen LogP contribution in [-0.4, -0.2) is 23.9 Å². The molecule has 0 bridgehead atoms. The number of hydrogen-bond acceptors (Lipinski definition) is 3. The smallest absolute Gasteiger partial charge is 0.255 e. The van der Waals surface area contributed by atoms with Crippen LogP contribution in [0.2, 0.25) is 0 Å². The molecule has 0 spiro atoms. The van der Waals surface area contributed by atoms with Gasteiger partial charge >= 0.3 is 0 Å². The fraction of sp³-hybridized carbons (Fsp3) is 0.375. The van der Waals surface area contributed by atoms with Crippen LogP contribution in [0.15, 0.2) is 78.7 Å². The summed E-state index contributed by atoms with van der Waals surface area (Å²) >= 11 is 0. The van der Waals surface area contributed by atoms with Crippen molar-refractivity contribution in [3.05, 3.63) is 95.4 Å². The lowest BCUT2D eigenvalue weighted by molar-refractivity contribution is 0.0966. The molecule has 0 atom stereocenters. The lowest BCUT2D eigenvalue weighted by Crippen LogP contribution is -2.32. The minimum Gasteiger partial charge on any atom is -0.374 e. The first kappa shape index (κ1) is 28.7. The van der Waals surface area contributed by atoms with Crippen LogP contribution in [0, 0.1) is 36.0 Å². The zero-order chi connectivity index (χ0) is 26.8. The summed E-state index contributed by atoms with van der Waals surface area (Å²) in [6.07, 6.45) is 5.75. The second-order valence-corrected chi connectivity index (χ2v) is 10.4. The largest absolute Gasteiger partial charge is 0.374 e. The molecule has 2 rings (SSSR count). The van der Waals surface area contributed by atoms with Gasteiger partial charge in [-0.2, -0.15) is 5.26 Å². The average molecular weight is 484 g/mol. The van der Waals surface area contributed by atoms with Gasteiger partial charge in [0.15, 0.2) is 0 Å². The van der Waals surface area contributed by atoms with Gasteiger partial charge in [0.05, 0.1) is 11.6 Å². The quantitative estimate of drug-likeness (QED) is 0.337. The van der Waals surface area contributed by atoms with E-state index in [1.54, 1.807) is 18.2 Å². The Morgan fingerprint density at radius 3 is 2.11 bits per heavy atom. The lowest BCUT2D eigenvalue weighted by atomic mass is 9.95. The molecule has 2 aromatic carbocycles. The van der Waals surface area contributed by atoms with Crippen molar-refractivity contribution < 1.29 is 4.79 Å². The first-order valence-corrected chi connectivity index (χ1v) is 12.8. The third-order valence-corrected chi connectivity index (χ3v) is 5.94. The van der Waals surface area contributed by atoms with Crippen molar-refractivity contribution >= 4 is 5.91 Å². The molecule has 0 radical (unpaired) electrons. The third-order valence-electron chi connectivity index (χ3n) is 5.94. The standard InChI is InChI=1S/C32H41N3O/c1-9-28(17-18-31(24(6)7)35(20-22(2)3)21-23(4)5)34-32(36)30-12-10-11-29(25(30)8)27-15-13-26(19-33)14-16-27/h9-18,22-24H,1,20-21H2,2-8H3,(H,34,36)/b28-17+,31-18+. The van der Waals surface area contributed by atoms with E-state index in [1.165, 1.54) is 5.70 Å². The van der Waals surface area contributed by atoms with E-state index in [0.29, 0.717) is 34.6 Å². The van der Waals surface area contributed by atoms with E-state index in [2.05, 4.69) is 70.5 Å². The summed E-state index contributed by atoms with van der Waals surface area (Å²) in [5, 5.41) is 12.1. The summed E-state index contributed by atoms with van der Waals surface area (Å²) in [6.45, 7) is 21.2. The summed E-state index contributed by atoms with van der Waals surface area (Å²) < 4.78 is 0. The highest BCUT2D eigenvalue weighted by Crippen LogP contribution is 2.26. The van der Waals surface area contributed by atoms with Crippen molar-refractivity contribution in [2.45, 2.75) is 48.5 Å². The van der Waals surface area contributed by atoms with Crippen molar-refractivity contribution in [3.8, 4) is 17.2 Å². The van der Waals surface area contributed by atoms with Crippen molar-refractivity contribution in [3.63, 3.8) is 0 Å². The van der Waals surface area contributed by atoms with Gasteiger partial charge < -0.3 is 10.2 Å². The number of carbonyl (C=O) groups is 1.